The Kier molecular flexibility index (Phi) is 7.75. The zero-order valence-electron chi connectivity index (χ0n) is 18.3. The van der Waals surface area contributed by atoms with Gasteiger partial charge in [0.25, 0.3) is 5.91 Å². The van der Waals surface area contributed by atoms with Crippen LogP contribution in [0.4, 0.5) is 13.2 Å². The molecule has 1 N–H and O–H groups in total. The molecule has 0 aliphatic rings. The predicted octanol–water partition coefficient (Wildman–Crippen LogP) is 6.73. The topological polar surface area (TPSA) is 56.1 Å². The van der Waals surface area contributed by atoms with Gasteiger partial charge in [0, 0.05) is 17.3 Å². The fraction of sp³-hybridized carbons (Fsp3) is 0.231. The van der Waals surface area contributed by atoms with Crippen LogP contribution >= 0.6 is 11.6 Å². The Morgan fingerprint density at radius 1 is 1.09 bits per heavy atom. The van der Waals surface area contributed by atoms with Crippen molar-refractivity contribution in [3.8, 4) is 11.4 Å². The van der Waals surface area contributed by atoms with E-state index in [9.17, 15) is 18.0 Å². The lowest BCUT2D eigenvalue weighted by Gasteiger charge is -2.27. The maximum Gasteiger partial charge on any atom is 0.321 e. The van der Waals surface area contributed by atoms with Gasteiger partial charge in [-0.3, -0.25) is 4.79 Å². The van der Waals surface area contributed by atoms with Crippen LogP contribution in [0, 0.1) is 5.82 Å². The third-order valence-electron chi connectivity index (χ3n) is 5.28. The monoisotopic (exact) mass is 503 g/mol. The van der Waals surface area contributed by atoms with E-state index in [1.54, 1.807) is 72.4 Å². The number of rotatable bonds is 7. The minimum absolute atomic E-state index is 0. The Labute approximate surface area is 206 Å². The molecule has 1 heterocycles. The molecule has 1 aromatic heterocycles. The van der Waals surface area contributed by atoms with Crippen LogP contribution in [0.15, 0.2) is 72.9 Å². The number of hydrogen-bond donors (Lipinski definition) is 1. The number of nitrogens with zero attached hydrogens (tertiary/aromatic N) is 2. The SMILES string of the molecule is C.C[C@H](NC(=O)C(C)(F)F)[C@H](Oc1ccc2c(cnn2-c2ccc(F)cc2)c1)c1ccc(Cl)cc1. The van der Waals surface area contributed by atoms with Crippen LogP contribution in [-0.4, -0.2) is 27.7 Å². The maximum absolute atomic E-state index is 13.5. The van der Waals surface area contributed by atoms with Gasteiger partial charge in [0.05, 0.1) is 23.4 Å². The van der Waals surface area contributed by atoms with Crippen molar-refractivity contribution in [2.75, 3.05) is 0 Å². The molecule has 0 unspecified atom stereocenters. The Morgan fingerprint density at radius 3 is 2.37 bits per heavy atom. The summed E-state index contributed by atoms with van der Waals surface area (Å²) in [5, 5.41) is 7.96. The highest BCUT2D eigenvalue weighted by Crippen LogP contribution is 2.30. The van der Waals surface area contributed by atoms with Crippen molar-refractivity contribution in [1.29, 1.82) is 0 Å². The molecule has 4 aromatic rings. The molecule has 184 valence electrons. The van der Waals surface area contributed by atoms with E-state index in [1.807, 2.05) is 0 Å². The van der Waals surface area contributed by atoms with Gasteiger partial charge in [-0.1, -0.05) is 31.2 Å². The predicted molar refractivity (Wildman–Crippen MR) is 131 cm³/mol. The molecule has 9 heteroatoms. The average molecular weight is 504 g/mol. The number of carbonyl (C=O) groups is 1. The molecular weight excluding hydrogens is 479 g/mol. The highest BCUT2D eigenvalue weighted by atomic mass is 35.5. The quantitative estimate of drug-likeness (QED) is 0.304. The molecule has 35 heavy (non-hydrogen) atoms. The van der Waals surface area contributed by atoms with Gasteiger partial charge in [0.15, 0.2) is 0 Å². The van der Waals surface area contributed by atoms with Gasteiger partial charge < -0.3 is 10.1 Å². The number of benzene rings is 3. The summed E-state index contributed by atoms with van der Waals surface area (Å²) in [4.78, 5) is 11.9. The zero-order chi connectivity index (χ0) is 24.5. The smallest absolute Gasteiger partial charge is 0.321 e. The molecule has 0 saturated heterocycles. The first kappa shape index (κ1) is 26.1. The molecule has 0 aliphatic heterocycles. The van der Waals surface area contributed by atoms with Gasteiger partial charge >= 0.3 is 5.92 Å². The van der Waals surface area contributed by atoms with Crippen LogP contribution in [0.5, 0.6) is 5.75 Å². The number of halogens is 4. The summed E-state index contributed by atoms with van der Waals surface area (Å²) >= 11 is 5.99. The molecule has 4 rings (SSSR count). The Morgan fingerprint density at radius 2 is 1.74 bits per heavy atom. The van der Waals surface area contributed by atoms with Crippen molar-refractivity contribution >= 4 is 28.4 Å². The van der Waals surface area contributed by atoms with Crippen LogP contribution in [0.1, 0.15) is 32.9 Å². The first-order valence-electron chi connectivity index (χ1n) is 10.5. The molecule has 0 bridgehead atoms. The number of amides is 1. The van der Waals surface area contributed by atoms with E-state index in [2.05, 4.69) is 10.4 Å². The van der Waals surface area contributed by atoms with E-state index in [-0.39, 0.29) is 13.2 Å². The Balaban J connectivity index is 0.00000342. The van der Waals surface area contributed by atoms with Gasteiger partial charge in [-0.15, -0.1) is 0 Å². The fourth-order valence-corrected chi connectivity index (χ4v) is 3.67. The molecule has 0 saturated carbocycles. The van der Waals surface area contributed by atoms with Gasteiger partial charge in [0.2, 0.25) is 0 Å². The van der Waals surface area contributed by atoms with Crippen LogP contribution in [0.3, 0.4) is 0 Å². The van der Waals surface area contributed by atoms with E-state index in [1.165, 1.54) is 12.1 Å². The van der Waals surface area contributed by atoms with Crippen LogP contribution in [0.25, 0.3) is 16.6 Å². The largest absolute Gasteiger partial charge is 0.484 e. The highest BCUT2D eigenvalue weighted by molar-refractivity contribution is 6.30. The second kappa shape index (κ2) is 10.4. The summed E-state index contributed by atoms with van der Waals surface area (Å²) < 4.78 is 48.0. The van der Waals surface area contributed by atoms with Gasteiger partial charge in [-0.05, 0) is 67.1 Å². The lowest BCUT2D eigenvalue weighted by atomic mass is 10.0. The summed E-state index contributed by atoms with van der Waals surface area (Å²) in [6.45, 7) is 2.13. The van der Waals surface area contributed by atoms with Gasteiger partial charge in [0.1, 0.15) is 17.7 Å². The van der Waals surface area contributed by atoms with E-state index in [0.29, 0.717) is 28.9 Å². The fourth-order valence-electron chi connectivity index (χ4n) is 3.54. The lowest BCUT2D eigenvalue weighted by Crippen LogP contribution is -2.46. The molecule has 5 nitrogen and oxygen atoms in total. The lowest BCUT2D eigenvalue weighted by molar-refractivity contribution is -0.144. The minimum atomic E-state index is -3.52. The van der Waals surface area contributed by atoms with Crippen LogP contribution < -0.4 is 10.1 Å². The molecular formula is C26H25ClF3N3O2. The highest BCUT2D eigenvalue weighted by Gasteiger charge is 2.35. The number of hydrogen-bond acceptors (Lipinski definition) is 3. The number of alkyl halides is 2. The second-order valence-electron chi connectivity index (χ2n) is 7.99. The van der Waals surface area contributed by atoms with E-state index in [0.717, 1.165) is 10.9 Å². The van der Waals surface area contributed by atoms with E-state index < -0.39 is 24.0 Å². The molecule has 2 atom stereocenters. The normalized spacial score (nSPS) is 13.1. The summed E-state index contributed by atoms with van der Waals surface area (Å²) in [6, 6.07) is 17.2. The molecule has 0 spiro atoms. The molecule has 0 radical (unpaired) electrons. The van der Waals surface area contributed by atoms with Crippen molar-refractivity contribution < 1.29 is 22.7 Å². The van der Waals surface area contributed by atoms with Crippen LogP contribution in [-0.2, 0) is 4.79 Å². The summed E-state index contributed by atoms with van der Waals surface area (Å²) in [7, 11) is 0. The molecule has 0 fully saturated rings. The van der Waals surface area contributed by atoms with Crippen LogP contribution in [0.2, 0.25) is 5.02 Å². The summed E-state index contributed by atoms with van der Waals surface area (Å²) in [5.74, 6) is -4.80. The van der Waals surface area contributed by atoms with Crippen molar-refractivity contribution in [1.82, 2.24) is 15.1 Å². The zero-order valence-corrected chi connectivity index (χ0v) is 19.1. The van der Waals surface area contributed by atoms with Crippen molar-refractivity contribution in [2.24, 2.45) is 0 Å². The second-order valence-corrected chi connectivity index (χ2v) is 8.43. The summed E-state index contributed by atoms with van der Waals surface area (Å²) in [5.41, 5.74) is 2.12. The standard InChI is InChI=1S/C25H21ClF3N3O2.CH4/c1-15(31-24(33)25(2,28)29)23(16-3-5-18(26)6-4-16)34-21-11-12-22-17(13-21)14-30-32(22)20-9-7-19(27)8-10-20;/h3-15,23H,1-2H3,(H,31,33);1H4/t15-,23-;/m0./s1. The van der Waals surface area contributed by atoms with Gasteiger partial charge in [-0.25, -0.2) is 9.07 Å². The van der Waals surface area contributed by atoms with Crippen molar-refractivity contribution in [2.45, 2.75) is 39.3 Å². The first-order chi connectivity index (χ1) is 16.1. The number of carbonyl (C=O) groups excluding carboxylic acids is 1. The Bertz CT molecular complexity index is 1300. The minimum Gasteiger partial charge on any atom is -0.484 e. The maximum atomic E-state index is 13.5. The first-order valence-corrected chi connectivity index (χ1v) is 10.8. The van der Waals surface area contributed by atoms with Gasteiger partial charge in [-0.2, -0.15) is 13.9 Å². The molecule has 1 amide bonds. The van der Waals surface area contributed by atoms with E-state index >= 15 is 0 Å². The molecule has 0 aliphatic carbocycles. The van der Waals surface area contributed by atoms with Crippen molar-refractivity contribution in [3.63, 3.8) is 0 Å². The number of ether oxygens (including phenoxy) is 1. The van der Waals surface area contributed by atoms with Crippen molar-refractivity contribution in [3.05, 3.63) is 89.3 Å². The number of aromatic nitrogens is 2. The number of nitrogens with one attached hydrogen (secondary N) is 1. The summed E-state index contributed by atoms with van der Waals surface area (Å²) in [6.07, 6.45) is 0.874. The Hall–Kier alpha value is -3.52. The number of fused-ring (bicyclic) bond motifs is 1. The average Bonchev–Trinajstić information content (AvgIpc) is 3.21. The van der Waals surface area contributed by atoms with E-state index in [4.69, 9.17) is 16.3 Å². The third-order valence-corrected chi connectivity index (χ3v) is 5.54. The third kappa shape index (κ3) is 5.95. The molecule has 3 aromatic carbocycles.